The first kappa shape index (κ1) is 17.3. The van der Waals surface area contributed by atoms with Gasteiger partial charge in [-0.1, -0.05) is 24.3 Å². The fourth-order valence-corrected chi connectivity index (χ4v) is 2.85. The summed E-state index contributed by atoms with van der Waals surface area (Å²) < 4.78 is 7.78. The number of nitriles is 1. The summed E-state index contributed by atoms with van der Waals surface area (Å²) in [5, 5.41) is 11.8. The Morgan fingerprint density at radius 1 is 1.11 bits per heavy atom. The molecule has 1 amide bonds. The van der Waals surface area contributed by atoms with Gasteiger partial charge in [0.2, 0.25) is 0 Å². The predicted molar refractivity (Wildman–Crippen MR) is 105 cm³/mol. The number of nitrogens with one attached hydrogen (secondary N) is 1. The Kier molecular flexibility index (Phi) is 4.72. The summed E-state index contributed by atoms with van der Waals surface area (Å²) >= 11 is 0. The zero-order valence-corrected chi connectivity index (χ0v) is 14.9. The fourth-order valence-electron chi connectivity index (χ4n) is 2.85. The molecule has 136 valence electrons. The van der Waals surface area contributed by atoms with Crippen molar-refractivity contribution in [3.8, 4) is 11.8 Å². The third kappa shape index (κ3) is 3.69. The van der Waals surface area contributed by atoms with Crippen LogP contribution in [0.4, 0.5) is 5.69 Å². The Balaban J connectivity index is 1.51. The summed E-state index contributed by atoms with van der Waals surface area (Å²) in [7, 11) is 0. The van der Waals surface area contributed by atoms with Crippen molar-refractivity contribution in [2.24, 2.45) is 0 Å². The fraction of sp³-hybridized carbons (Fsp3) is 0.0455. The van der Waals surface area contributed by atoms with E-state index in [0.29, 0.717) is 22.6 Å². The molecule has 4 rings (SSSR count). The number of hydrogen-bond acceptors (Lipinski definition) is 4. The highest BCUT2D eigenvalue weighted by Crippen LogP contribution is 2.21. The van der Waals surface area contributed by atoms with Crippen LogP contribution in [0.5, 0.6) is 5.75 Å². The van der Waals surface area contributed by atoms with Crippen molar-refractivity contribution in [1.29, 1.82) is 5.26 Å². The highest BCUT2D eigenvalue weighted by atomic mass is 16.5. The highest BCUT2D eigenvalue weighted by Gasteiger charge is 2.13. The number of carbonyl (C=O) groups excluding carboxylic acids is 1. The topological polar surface area (TPSA) is 79.4 Å². The molecule has 0 saturated heterocycles. The number of rotatable bonds is 5. The van der Waals surface area contributed by atoms with Gasteiger partial charge in [-0.3, -0.25) is 4.79 Å². The van der Waals surface area contributed by atoms with Crippen LogP contribution in [0.25, 0.3) is 5.65 Å². The Morgan fingerprint density at radius 3 is 2.82 bits per heavy atom. The number of benzene rings is 2. The molecule has 2 heterocycles. The van der Waals surface area contributed by atoms with Crippen molar-refractivity contribution in [1.82, 2.24) is 9.38 Å². The van der Waals surface area contributed by atoms with Gasteiger partial charge < -0.3 is 14.5 Å². The van der Waals surface area contributed by atoms with E-state index in [4.69, 9.17) is 10.00 Å². The van der Waals surface area contributed by atoms with Crippen molar-refractivity contribution in [2.75, 3.05) is 5.32 Å². The Bertz CT molecular complexity index is 1160. The maximum atomic E-state index is 12.7. The standard InChI is InChI=1S/C22H16N4O2/c23-13-16-6-5-7-17(12-16)25-22(27)19-8-1-2-9-20(19)28-15-18-14-26-11-4-3-10-21(26)24-18/h1-12,14H,15H2,(H,25,27). The van der Waals surface area contributed by atoms with Gasteiger partial charge >= 0.3 is 0 Å². The Morgan fingerprint density at radius 2 is 1.96 bits per heavy atom. The minimum atomic E-state index is -0.305. The summed E-state index contributed by atoms with van der Waals surface area (Å²) in [6.45, 7) is 0.246. The van der Waals surface area contributed by atoms with Crippen molar-refractivity contribution in [2.45, 2.75) is 6.61 Å². The molecule has 2 aromatic carbocycles. The van der Waals surface area contributed by atoms with Gasteiger partial charge in [0.15, 0.2) is 0 Å². The van der Waals surface area contributed by atoms with E-state index in [-0.39, 0.29) is 12.5 Å². The number of ether oxygens (including phenoxy) is 1. The normalized spacial score (nSPS) is 10.4. The first-order valence-electron chi connectivity index (χ1n) is 8.69. The molecule has 0 spiro atoms. The molecule has 0 aliphatic heterocycles. The average Bonchev–Trinajstić information content (AvgIpc) is 3.15. The predicted octanol–water partition coefficient (Wildman–Crippen LogP) is 4.04. The number of nitrogens with zero attached hydrogens (tertiary/aromatic N) is 3. The highest BCUT2D eigenvalue weighted by molar-refractivity contribution is 6.06. The molecule has 0 unspecified atom stereocenters. The molecule has 6 heteroatoms. The second-order valence-electron chi connectivity index (χ2n) is 6.13. The van der Waals surface area contributed by atoms with E-state index in [2.05, 4.69) is 16.4 Å². The first-order valence-corrected chi connectivity index (χ1v) is 8.69. The average molecular weight is 368 g/mol. The quantitative estimate of drug-likeness (QED) is 0.577. The number of imidazole rings is 1. The van der Waals surface area contributed by atoms with E-state index in [9.17, 15) is 4.79 Å². The van der Waals surface area contributed by atoms with Gasteiger partial charge in [-0.15, -0.1) is 0 Å². The molecule has 2 aromatic heterocycles. The van der Waals surface area contributed by atoms with Gasteiger partial charge in [-0.25, -0.2) is 4.98 Å². The third-order valence-electron chi connectivity index (χ3n) is 4.17. The molecule has 0 aliphatic carbocycles. The second kappa shape index (κ2) is 7.64. The van der Waals surface area contributed by atoms with Crippen molar-refractivity contribution in [3.63, 3.8) is 0 Å². The second-order valence-corrected chi connectivity index (χ2v) is 6.13. The van der Waals surface area contributed by atoms with Crippen LogP contribution in [-0.4, -0.2) is 15.3 Å². The third-order valence-corrected chi connectivity index (χ3v) is 4.17. The molecule has 4 aromatic rings. The lowest BCUT2D eigenvalue weighted by Crippen LogP contribution is -2.13. The minimum Gasteiger partial charge on any atom is -0.486 e. The number of aromatic nitrogens is 2. The summed E-state index contributed by atoms with van der Waals surface area (Å²) in [6, 6.07) is 21.6. The maximum Gasteiger partial charge on any atom is 0.259 e. The van der Waals surface area contributed by atoms with E-state index in [1.165, 1.54) is 0 Å². The van der Waals surface area contributed by atoms with Gasteiger partial charge in [-0.05, 0) is 42.5 Å². The number of pyridine rings is 1. The van der Waals surface area contributed by atoms with E-state index < -0.39 is 0 Å². The number of amides is 1. The number of anilines is 1. The lowest BCUT2D eigenvalue weighted by Gasteiger charge is -2.11. The zero-order valence-electron chi connectivity index (χ0n) is 14.9. The smallest absolute Gasteiger partial charge is 0.259 e. The van der Waals surface area contributed by atoms with Crippen LogP contribution in [0, 0.1) is 11.3 Å². The number of para-hydroxylation sites is 1. The molecule has 6 nitrogen and oxygen atoms in total. The van der Waals surface area contributed by atoms with E-state index in [1.54, 1.807) is 42.5 Å². The van der Waals surface area contributed by atoms with Crippen LogP contribution < -0.4 is 10.1 Å². The van der Waals surface area contributed by atoms with Crippen molar-refractivity contribution < 1.29 is 9.53 Å². The van der Waals surface area contributed by atoms with Crippen LogP contribution in [0.2, 0.25) is 0 Å². The molecule has 28 heavy (non-hydrogen) atoms. The molecule has 1 N–H and O–H groups in total. The van der Waals surface area contributed by atoms with Gasteiger partial charge in [-0.2, -0.15) is 5.26 Å². The van der Waals surface area contributed by atoms with E-state index in [1.807, 2.05) is 41.1 Å². The van der Waals surface area contributed by atoms with Crippen molar-refractivity contribution in [3.05, 3.63) is 95.9 Å². The van der Waals surface area contributed by atoms with E-state index in [0.717, 1.165) is 11.3 Å². The molecule has 0 fully saturated rings. The number of fused-ring (bicyclic) bond motifs is 1. The zero-order chi connectivity index (χ0) is 19.3. The summed E-state index contributed by atoms with van der Waals surface area (Å²) in [6.07, 6.45) is 3.81. The van der Waals surface area contributed by atoms with Crippen molar-refractivity contribution >= 4 is 17.2 Å². The summed E-state index contributed by atoms with van der Waals surface area (Å²) in [4.78, 5) is 17.2. The van der Waals surface area contributed by atoms with Crippen LogP contribution in [-0.2, 0) is 6.61 Å². The SMILES string of the molecule is N#Cc1cccc(NC(=O)c2ccccc2OCc2cn3ccccc3n2)c1. The van der Waals surface area contributed by atoms with Gasteiger partial charge in [0.1, 0.15) is 18.0 Å². The molecule has 0 radical (unpaired) electrons. The van der Waals surface area contributed by atoms with Crippen LogP contribution >= 0.6 is 0 Å². The largest absolute Gasteiger partial charge is 0.486 e. The molecule has 0 aliphatic rings. The molecular weight excluding hydrogens is 352 g/mol. The van der Waals surface area contributed by atoms with Crippen LogP contribution in [0.1, 0.15) is 21.6 Å². The maximum absolute atomic E-state index is 12.7. The summed E-state index contributed by atoms with van der Waals surface area (Å²) in [5.74, 6) is 0.161. The first-order chi connectivity index (χ1) is 13.7. The lowest BCUT2D eigenvalue weighted by molar-refractivity contribution is 0.102. The van der Waals surface area contributed by atoms with Gasteiger partial charge in [0.25, 0.3) is 5.91 Å². The van der Waals surface area contributed by atoms with Crippen LogP contribution in [0.3, 0.4) is 0 Å². The lowest BCUT2D eigenvalue weighted by atomic mass is 10.1. The Hall–Kier alpha value is -4.11. The minimum absolute atomic E-state index is 0.246. The molecule has 0 saturated carbocycles. The van der Waals surface area contributed by atoms with Gasteiger partial charge in [0, 0.05) is 18.1 Å². The van der Waals surface area contributed by atoms with Gasteiger partial charge in [0.05, 0.1) is 22.9 Å². The van der Waals surface area contributed by atoms with E-state index >= 15 is 0 Å². The van der Waals surface area contributed by atoms with Crippen LogP contribution in [0.15, 0.2) is 79.1 Å². The Labute approximate surface area is 161 Å². The molecule has 0 bridgehead atoms. The number of hydrogen-bond donors (Lipinski definition) is 1. The number of carbonyl (C=O) groups is 1. The molecular formula is C22H16N4O2. The summed E-state index contributed by atoms with van der Waals surface area (Å²) in [5.41, 5.74) is 3.05. The molecule has 0 atom stereocenters. The monoisotopic (exact) mass is 368 g/mol.